The first-order valence-electron chi connectivity index (χ1n) is 5.78. The van der Waals surface area contributed by atoms with Crippen molar-refractivity contribution < 1.29 is 14.3 Å². The highest BCUT2D eigenvalue weighted by atomic mass is 16.4. The van der Waals surface area contributed by atoms with Crippen LogP contribution in [0, 0.1) is 6.92 Å². The molecule has 0 amide bonds. The summed E-state index contributed by atoms with van der Waals surface area (Å²) in [5, 5.41) is 0. The van der Waals surface area contributed by atoms with E-state index < -0.39 is 0 Å². The number of rotatable bonds is 2. The van der Waals surface area contributed by atoms with Crippen molar-refractivity contribution in [2.75, 3.05) is 14.2 Å². The van der Waals surface area contributed by atoms with Gasteiger partial charge in [-0.3, -0.25) is 0 Å². The number of aryl methyl sites for hydroxylation is 1. The van der Waals surface area contributed by atoms with Crippen LogP contribution in [0.2, 0.25) is 0 Å². The van der Waals surface area contributed by atoms with Crippen LogP contribution in [-0.4, -0.2) is 26.8 Å². The van der Waals surface area contributed by atoms with Gasteiger partial charge in [0.25, 0.3) is 0 Å². The molecule has 0 N–H and O–H groups in total. The van der Waals surface area contributed by atoms with E-state index in [9.17, 15) is 4.79 Å². The monoisotopic (exact) mass is 254 g/mol. The largest absolute Gasteiger partial charge is 0.388 e. The normalized spacial score (nSPS) is 7.39. The molecule has 0 spiro atoms. The van der Waals surface area contributed by atoms with Crippen LogP contribution in [0.4, 0.5) is 0 Å². The average molecular weight is 254 g/mol. The van der Waals surface area contributed by atoms with Crippen LogP contribution < -0.4 is 0 Å². The van der Waals surface area contributed by atoms with Crippen molar-refractivity contribution in [3.8, 4) is 0 Å². The molecule has 0 unspecified atom stereocenters. The molecular weight excluding hydrogens is 228 g/mol. The Kier molecular flexibility index (Phi) is 25.2. The Morgan fingerprint density at radius 2 is 1.56 bits per heavy atom. The maximum Gasteiger partial charge on any atom is 0.129 e. The van der Waals surface area contributed by atoms with Crippen LogP contribution in [-0.2, 0) is 14.3 Å². The summed E-state index contributed by atoms with van der Waals surface area (Å²) in [5.74, 6) is 0.289. The van der Waals surface area contributed by atoms with Gasteiger partial charge in [0.05, 0.1) is 0 Å². The maximum atomic E-state index is 10.0. The molecule has 0 radical (unpaired) electrons. The Morgan fingerprint density at radius 3 is 1.67 bits per heavy atom. The van der Waals surface area contributed by atoms with Gasteiger partial charge in [0, 0.05) is 20.6 Å². The third kappa shape index (κ3) is 29.3. The summed E-state index contributed by atoms with van der Waals surface area (Å²) in [4.78, 5) is 18.0. The number of carbonyl (C=O) groups excluding carboxylic acids is 2. The van der Waals surface area contributed by atoms with Gasteiger partial charge in [0.15, 0.2) is 0 Å². The maximum absolute atomic E-state index is 10.0. The SMILES string of the molecule is C=O.CCCC(C)=O.COC.Cc1ccccc1. The Hall–Kier alpha value is -1.48. The molecule has 0 aliphatic rings. The van der Waals surface area contributed by atoms with E-state index in [4.69, 9.17) is 4.79 Å². The van der Waals surface area contributed by atoms with Gasteiger partial charge in [-0.15, -0.1) is 0 Å². The number of ether oxygens (including phenoxy) is 1. The zero-order valence-corrected chi connectivity index (χ0v) is 12.2. The van der Waals surface area contributed by atoms with Crippen molar-refractivity contribution in [1.82, 2.24) is 0 Å². The Morgan fingerprint density at radius 1 is 1.17 bits per heavy atom. The van der Waals surface area contributed by atoms with Gasteiger partial charge in [-0.05, 0) is 20.3 Å². The molecule has 1 aromatic rings. The van der Waals surface area contributed by atoms with E-state index in [1.807, 2.05) is 31.9 Å². The van der Waals surface area contributed by atoms with Gasteiger partial charge in [-0.2, -0.15) is 0 Å². The molecule has 0 atom stereocenters. The first kappa shape index (κ1) is 21.8. The second kappa shape index (κ2) is 20.9. The zero-order chi connectivity index (χ0) is 14.8. The molecule has 0 aliphatic heterocycles. The lowest BCUT2D eigenvalue weighted by Crippen LogP contribution is -1.84. The van der Waals surface area contributed by atoms with Crippen LogP contribution in [0.25, 0.3) is 0 Å². The highest BCUT2D eigenvalue weighted by molar-refractivity contribution is 5.75. The first-order valence-corrected chi connectivity index (χ1v) is 5.78. The molecule has 104 valence electrons. The predicted octanol–water partition coefficient (Wildman–Crippen LogP) is 3.45. The predicted molar refractivity (Wildman–Crippen MR) is 76.8 cm³/mol. The molecule has 1 aromatic carbocycles. The van der Waals surface area contributed by atoms with Crippen LogP contribution in [0.3, 0.4) is 0 Å². The Labute approximate surface area is 111 Å². The van der Waals surface area contributed by atoms with Crippen molar-refractivity contribution in [2.45, 2.75) is 33.6 Å². The van der Waals surface area contributed by atoms with Gasteiger partial charge in [0.1, 0.15) is 12.6 Å². The second-order valence-electron chi connectivity index (χ2n) is 3.51. The van der Waals surface area contributed by atoms with Gasteiger partial charge < -0.3 is 14.3 Å². The fourth-order valence-electron chi connectivity index (χ4n) is 0.886. The van der Waals surface area contributed by atoms with E-state index in [1.54, 1.807) is 21.1 Å². The summed E-state index contributed by atoms with van der Waals surface area (Å²) in [6.45, 7) is 7.70. The van der Waals surface area contributed by atoms with E-state index in [2.05, 4.69) is 23.8 Å². The minimum absolute atomic E-state index is 0.289. The molecule has 1 rings (SSSR count). The minimum Gasteiger partial charge on any atom is -0.388 e. The number of ketones is 1. The lowest BCUT2D eigenvalue weighted by molar-refractivity contribution is -0.117. The summed E-state index contributed by atoms with van der Waals surface area (Å²) in [6.07, 6.45) is 1.72. The number of hydrogen-bond acceptors (Lipinski definition) is 3. The van der Waals surface area contributed by atoms with E-state index in [0.29, 0.717) is 0 Å². The van der Waals surface area contributed by atoms with Crippen LogP contribution in [0.5, 0.6) is 0 Å². The smallest absolute Gasteiger partial charge is 0.129 e. The lowest BCUT2D eigenvalue weighted by Gasteiger charge is -1.82. The van der Waals surface area contributed by atoms with Gasteiger partial charge in [-0.1, -0.05) is 42.8 Å². The Bertz CT molecular complexity index is 258. The van der Waals surface area contributed by atoms with Crippen LogP contribution in [0.15, 0.2) is 30.3 Å². The lowest BCUT2D eigenvalue weighted by atomic mass is 10.2. The summed E-state index contributed by atoms with van der Waals surface area (Å²) < 4.78 is 4.25. The number of Topliss-reactive ketones (excluding diaryl/α,β-unsaturated/α-hetero) is 1. The molecule has 3 heteroatoms. The number of benzene rings is 1. The summed E-state index contributed by atoms with van der Waals surface area (Å²) in [5.41, 5.74) is 1.32. The summed E-state index contributed by atoms with van der Waals surface area (Å²) in [7, 11) is 3.25. The second-order valence-corrected chi connectivity index (χ2v) is 3.51. The molecule has 0 aliphatic carbocycles. The molecular formula is C15H26O3. The minimum atomic E-state index is 0.289. The summed E-state index contributed by atoms with van der Waals surface area (Å²) >= 11 is 0. The number of methoxy groups -OCH3 is 1. The van der Waals surface area contributed by atoms with Gasteiger partial charge in [-0.25, -0.2) is 0 Å². The third-order valence-electron chi connectivity index (χ3n) is 1.54. The quantitative estimate of drug-likeness (QED) is 0.812. The highest BCUT2D eigenvalue weighted by Gasteiger charge is 1.83. The highest BCUT2D eigenvalue weighted by Crippen LogP contribution is 1.92. The van der Waals surface area contributed by atoms with Crippen molar-refractivity contribution >= 4 is 12.6 Å². The van der Waals surface area contributed by atoms with E-state index in [1.165, 1.54) is 5.56 Å². The van der Waals surface area contributed by atoms with E-state index >= 15 is 0 Å². The van der Waals surface area contributed by atoms with Crippen molar-refractivity contribution in [2.24, 2.45) is 0 Å². The van der Waals surface area contributed by atoms with Crippen molar-refractivity contribution in [3.63, 3.8) is 0 Å². The molecule has 0 fully saturated rings. The topological polar surface area (TPSA) is 43.4 Å². The molecule has 0 aromatic heterocycles. The standard InChI is InChI=1S/C7H8.C5H10O.C2H6O.CH2O/c1-7-5-3-2-4-6-7;1-3-4-5(2)6;1-3-2;1-2/h2-6H,1H3;3-4H2,1-2H3;1-2H3;1H2. The molecule has 0 bridgehead atoms. The fraction of sp³-hybridized carbons (Fsp3) is 0.467. The van der Waals surface area contributed by atoms with Crippen molar-refractivity contribution in [1.29, 1.82) is 0 Å². The fourth-order valence-corrected chi connectivity index (χ4v) is 0.886. The molecule has 0 heterocycles. The average Bonchev–Trinajstić information content (AvgIpc) is 2.34. The molecule has 18 heavy (non-hydrogen) atoms. The first-order chi connectivity index (χ1) is 8.58. The van der Waals surface area contributed by atoms with Gasteiger partial charge >= 0.3 is 0 Å². The molecule has 3 nitrogen and oxygen atoms in total. The number of carbonyl (C=O) groups is 2. The number of hydrogen-bond donors (Lipinski definition) is 0. The Balaban J connectivity index is -0.000000187. The van der Waals surface area contributed by atoms with E-state index in [-0.39, 0.29) is 5.78 Å². The van der Waals surface area contributed by atoms with Crippen LogP contribution in [0.1, 0.15) is 32.3 Å². The van der Waals surface area contributed by atoms with Crippen LogP contribution >= 0.6 is 0 Å². The zero-order valence-electron chi connectivity index (χ0n) is 12.2. The van der Waals surface area contributed by atoms with E-state index in [0.717, 1.165) is 12.8 Å². The molecule has 0 saturated heterocycles. The summed E-state index contributed by atoms with van der Waals surface area (Å²) in [6, 6.07) is 10.3. The third-order valence-corrected chi connectivity index (χ3v) is 1.54. The molecule has 0 saturated carbocycles. The van der Waals surface area contributed by atoms with Gasteiger partial charge in [0.2, 0.25) is 0 Å². The van der Waals surface area contributed by atoms with Crippen molar-refractivity contribution in [3.05, 3.63) is 35.9 Å².